The van der Waals surface area contributed by atoms with E-state index < -0.39 is 51.7 Å². The molecule has 0 saturated heterocycles. The van der Waals surface area contributed by atoms with Crippen molar-refractivity contribution in [2.45, 2.75) is 36.3 Å². The van der Waals surface area contributed by atoms with E-state index in [2.05, 4.69) is 0 Å². The first-order valence-electron chi connectivity index (χ1n) is 8.80. The van der Waals surface area contributed by atoms with Gasteiger partial charge in [-0.25, -0.2) is 17.2 Å². The van der Waals surface area contributed by atoms with Gasteiger partial charge in [-0.2, -0.15) is 13.2 Å². The Morgan fingerprint density at radius 3 is 2.23 bits per heavy atom. The van der Waals surface area contributed by atoms with Crippen LogP contribution >= 0.6 is 0 Å². The minimum absolute atomic E-state index is 0.0723. The monoisotopic (exact) mass is 464 g/mol. The van der Waals surface area contributed by atoms with Crippen LogP contribution in [0.25, 0.3) is 5.57 Å². The molecule has 1 aliphatic heterocycles. The van der Waals surface area contributed by atoms with Crippen LogP contribution in [0.1, 0.15) is 18.9 Å². The van der Waals surface area contributed by atoms with Crippen LogP contribution in [0, 0.1) is 11.6 Å². The van der Waals surface area contributed by atoms with Crippen LogP contribution in [0.3, 0.4) is 0 Å². The van der Waals surface area contributed by atoms with Crippen molar-refractivity contribution in [2.24, 2.45) is 0 Å². The standard InChI is InChI=1S/C20H17F5O5S/c1-19(10-20(23,24)25)16(11-3-6-13(7-4-11)31(2,27)28)17(18(26)30-19)29-12-5-8-14(21)15(22)9-12/h3-9,18,26H,10H2,1-2H3. The summed E-state index contributed by atoms with van der Waals surface area (Å²) >= 11 is 0. The van der Waals surface area contributed by atoms with Crippen LogP contribution in [-0.4, -0.2) is 37.8 Å². The number of aliphatic hydroxyl groups is 1. The number of sulfone groups is 1. The van der Waals surface area contributed by atoms with E-state index >= 15 is 0 Å². The Bertz CT molecular complexity index is 1130. The lowest BCUT2D eigenvalue weighted by Gasteiger charge is -2.28. The fraction of sp³-hybridized carbons (Fsp3) is 0.300. The largest absolute Gasteiger partial charge is 0.456 e. The van der Waals surface area contributed by atoms with E-state index in [1.54, 1.807) is 0 Å². The Kier molecular flexibility index (Phi) is 5.89. The fourth-order valence-electron chi connectivity index (χ4n) is 3.34. The Labute approximate surface area is 174 Å². The van der Waals surface area contributed by atoms with Crippen molar-refractivity contribution in [3.05, 3.63) is 65.4 Å². The third-order valence-corrected chi connectivity index (χ3v) is 5.73. The molecule has 31 heavy (non-hydrogen) atoms. The summed E-state index contributed by atoms with van der Waals surface area (Å²) in [5, 5.41) is 10.3. The zero-order valence-corrected chi connectivity index (χ0v) is 17.0. The molecule has 2 aromatic carbocycles. The molecule has 1 aliphatic rings. The number of hydrogen-bond donors (Lipinski definition) is 1. The number of halogens is 5. The molecule has 0 spiro atoms. The Hall–Kier alpha value is -2.50. The maximum Gasteiger partial charge on any atom is 0.392 e. The zero-order valence-electron chi connectivity index (χ0n) is 16.2. The average Bonchev–Trinajstić information content (AvgIpc) is 2.85. The van der Waals surface area contributed by atoms with Crippen molar-refractivity contribution in [3.8, 4) is 5.75 Å². The Balaban J connectivity index is 2.15. The molecule has 11 heteroatoms. The summed E-state index contributed by atoms with van der Waals surface area (Å²) in [6, 6.07) is 7.31. The molecule has 0 saturated carbocycles. The summed E-state index contributed by atoms with van der Waals surface area (Å²) in [7, 11) is -3.57. The summed E-state index contributed by atoms with van der Waals surface area (Å²) in [5.41, 5.74) is -2.21. The van der Waals surface area contributed by atoms with E-state index in [9.17, 15) is 35.5 Å². The van der Waals surface area contributed by atoms with Gasteiger partial charge in [-0.1, -0.05) is 12.1 Å². The Morgan fingerprint density at radius 1 is 1.10 bits per heavy atom. The highest BCUT2D eigenvalue weighted by Gasteiger charge is 2.51. The van der Waals surface area contributed by atoms with Gasteiger partial charge in [-0.3, -0.25) is 0 Å². The van der Waals surface area contributed by atoms with E-state index in [1.165, 1.54) is 24.3 Å². The highest BCUT2D eigenvalue weighted by Crippen LogP contribution is 2.47. The molecule has 2 aromatic rings. The molecule has 0 radical (unpaired) electrons. The molecule has 0 aliphatic carbocycles. The van der Waals surface area contributed by atoms with Crippen LogP contribution in [-0.2, 0) is 14.6 Å². The van der Waals surface area contributed by atoms with E-state index in [-0.39, 0.29) is 21.8 Å². The molecular weight excluding hydrogens is 447 g/mol. The fourth-order valence-corrected chi connectivity index (χ4v) is 3.97. The van der Waals surface area contributed by atoms with Crippen molar-refractivity contribution < 1.29 is 45.0 Å². The van der Waals surface area contributed by atoms with Gasteiger partial charge in [0.15, 0.2) is 27.2 Å². The van der Waals surface area contributed by atoms with Gasteiger partial charge in [-0.15, -0.1) is 0 Å². The van der Waals surface area contributed by atoms with Crippen LogP contribution < -0.4 is 4.74 Å². The number of ether oxygens (including phenoxy) is 2. The van der Waals surface area contributed by atoms with E-state index in [4.69, 9.17) is 9.47 Å². The molecule has 3 rings (SSSR count). The molecule has 0 aromatic heterocycles. The van der Waals surface area contributed by atoms with Crippen molar-refractivity contribution in [1.29, 1.82) is 0 Å². The van der Waals surface area contributed by atoms with Gasteiger partial charge in [-0.05, 0) is 36.8 Å². The molecular formula is C20H17F5O5S. The van der Waals surface area contributed by atoms with Gasteiger partial charge in [0.1, 0.15) is 11.4 Å². The average molecular weight is 464 g/mol. The lowest BCUT2D eigenvalue weighted by atomic mass is 9.87. The van der Waals surface area contributed by atoms with Gasteiger partial charge >= 0.3 is 6.18 Å². The molecule has 5 nitrogen and oxygen atoms in total. The lowest BCUT2D eigenvalue weighted by Crippen LogP contribution is -2.34. The van der Waals surface area contributed by atoms with E-state index in [1.807, 2.05) is 0 Å². The van der Waals surface area contributed by atoms with Crippen LogP contribution in [0.5, 0.6) is 5.75 Å². The summed E-state index contributed by atoms with van der Waals surface area (Å²) in [6.07, 6.45) is -7.16. The van der Waals surface area contributed by atoms with Crippen molar-refractivity contribution >= 4 is 15.4 Å². The Morgan fingerprint density at radius 2 is 1.71 bits per heavy atom. The molecule has 0 amide bonds. The predicted molar refractivity (Wildman–Crippen MR) is 99.6 cm³/mol. The van der Waals surface area contributed by atoms with Crippen LogP contribution in [0.2, 0.25) is 0 Å². The highest BCUT2D eigenvalue weighted by molar-refractivity contribution is 7.90. The van der Waals surface area contributed by atoms with Crippen LogP contribution in [0.15, 0.2) is 53.1 Å². The lowest BCUT2D eigenvalue weighted by molar-refractivity contribution is -0.196. The number of rotatable bonds is 5. The first kappa shape index (κ1) is 23.2. The number of aliphatic hydroxyl groups excluding tert-OH is 1. The van der Waals surface area contributed by atoms with Gasteiger partial charge in [0.2, 0.25) is 6.29 Å². The van der Waals surface area contributed by atoms with Gasteiger partial charge in [0.05, 0.1) is 11.3 Å². The second-order valence-electron chi connectivity index (χ2n) is 7.21. The van der Waals surface area contributed by atoms with Crippen LogP contribution in [0.4, 0.5) is 22.0 Å². The number of benzene rings is 2. The summed E-state index contributed by atoms with van der Waals surface area (Å²) in [6.45, 7) is 1.09. The summed E-state index contributed by atoms with van der Waals surface area (Å²) in [4.78, 5) is -0.0723. The van der Waals surface area contributed by atoms with E-state index in [0.717, 1.165) is 25.3 Å². The topological polar surface area (TPSA) is 72.8 Å². The second-order valence-corrected chi connectivity index (χ2v) is 9.22. The maximum atomic E-state index is 13.5. The minimum Gasteiger partial charge on any atom is -0.456 e. The van der Waals surface area contributed by atoms with Gasteiger partial charge in [0, 0.05) is 17.9 Å². The normalized spacial score (nSPS) is 22.1. The first-order chi connectivity index (χ1) is 14.2. The number of alkyl halides is 3. The minimum atomic E-state index is -4.69. The third kappa shape index (κ3) is 5.05. The molecule has 2 atom stereocenters. The van der Waals surface area contributed by atoms with Gasteiger partial charge < -0.3 is 14.6 Å². The highest BCUT2D eigenvalue weighted by atomic mass is 32.2. The number of hydrogen-bond acceptors (Lipinski definition) is 5. The smallest absolute Gasteiger partial charge is 0.392 e. The second kappa shape index (κ2) is 7.88. The van der Waals surface area contributed by atoms with E-state index in [0.29, 0.717) is 6.07 Å². The molecule has 1 N–H and O–H groups in total. The SMILES string of the molecule is CC1(CC(F)(F)F)OC(O)C(Oc2ccc(F)c(F)c2)=C1c1ccc(S(C)(=O)=O)cc1. The molecule has 0 fully saturated rings. The van der Waals surface area contributed by atoms with Crippen molar-refractivity contribution in [1.82, 2.24) is 0 Å². The molecule has 168 valence electrons. The summed E-state index contributed by atoms with van der Waals surface area (Å²) in [5.74, 6) is -3.16. The van der Waals surface area contributed by atoms with Crippen molar-refractivity contribution in [2.75, 3.05) is 6.26 Å². The predicted octanol–water partition coefficient (Wildman–Crippen LogP) is 4.22. The maximum absolute atomic E-state index is 13.5. The molecule has 2 unspecified atom stereocenters. The zero-order chi connectivity index (χ0) is 23.2. The molecule has 1 heterocycles. The van der Waals surface area contributed by atoms with Gasteiger partial charge in [0.25, 0.3) is 0 Å². The first-order valence-corrected chi connectivity index (χ1v) is 10.7. The van der Waals surface area contributed by atoms with Crippen molar-refractivity contribution in [3.63, 3.8) is 0 Å². The third-order valence-electron chi connectivity index (χ3n) is 4.60. The summed E-state index contributed by atoms with van der Waals surface area (Å²) < 4.78 is 100. The quantitative estimate of drug-likeness (QED) is 0.671. The molecule has 0 bridgehead atoms.